The molecule has 0 unspecified atom stereocenters. The molecule has 4 aromatic rings. The second-order valence-corrected chi connectivity index (χ2v) is 8.96. The number of sulfonamides is 1. The molecule has 0 saturated heterocycles. The van der Waals surface area contributed by atoms with Crippen molar-refractivity contribution in [2.45, 2.75) is 31.7 Å². The van der Waals surface area contributed by atoms with Crippen LogP contribution < -0.4 is 4.72 Å². The fourth-order valence-corrected chi connectivity index (χ4v) is 4.39. The monoisotopic (exact) mass is 420 g/mol. The van der Waals surface area contributed by atoms with Gasteiger partial charge in [-0.15, -0.1) is 0 Å². The Kier molecular flexibility index (Phi) is 5.65. The molecule has 0 aliphatic carbocycles. The van der Waals surface area contributed by atoms with Gasteiger partial charge in [-0.2, -0.15) is 0 Å². The maximum atomic E-state index is 12.7. The summed E-state index contributed by atoms with van der Waals surface area (Å²) in [6.45, 7) is 4.73. The second kappa shape index (κ2) is 8.38. The summed E-state index contributed by atoms with van der Waals surface area (Å²) in [6, 6.07) is 18.9. The van der Waals surface area contributed by atoms with E-state index in [1.54, 1.807) is 18.3 Å². The van der Waals surface area contributed by atoms with Crippen molar-refractivity contribution in [3.05, 3.63) is 78.0 Å². The van der Waals surface area contributed by atoms with Crippen LogP contribution in [0.1, 0.15) is 18.1 Å². The minimum absolute atomic E-state index is 0.235. The van der Waals surface area contributed by atoms with E-state index >= 15 is 0 Å². The first-order valence-corrected chi connectivity index (χ1v) is 11.4. The van der Waals surface area contributed by atoms with Crippen LogP contribution in [0.3, 0.4) is 0 Å². The van der Waals surface area contributed by atoms with E-state index in [-0.39, 0.29) is 11.4 Å². The van der Waals surface area contributed by atoms with Crippen molar-refractivity contribution in [2.24, 2.45) is 0 Å². The number of aromatic nitrogens is 3. The molecule has 30 heavy (non-hydrogen) atoms. The molecule has 2 aromatic carbocycles. The summed E-state index contributed by atoms with van der Waals surface area (Å²) in [5.41, 5.74) is 4.76. The van der Waals surface area contributed by atoms with Crippen molar-refractivity contribution >= 4 is 21.2 Å². The molecule has 0 atom stereocenters. The molecule has 0 aliphatic rings. The van der Waals surface area contributed by atoms with E-state index in [0.717, 1.165) is 34.5 Å². The summed E-state index contributed by atoms with van der Waals surface area (Å²) in [5, 5.41) is 0. The van der Waals surface area contributed by atoms with Crippen molar-refractivity contribution in [3.8, 4) is 11.4 Å². The standard InChI is InChI=1S/C23H24N4O2S/c1-3-18-8-12-20(13-9-18)30(28,29)25-15-16-27-22(19-10-6-17(2)7-11-19)26-21-5-4-14-24-23(21)27/h4-14,25H,3,15-16H2,1-2H3. The molecular weight excluding hydrogens is 396 g/mol. The van der Waals surface area contributed by atoms with Gasteiger partial charge in [-0.05, 0) is 43.2 Å². The Labute approximate surface area is 176 Å². The number of nitrogens with one attached hydrogen (secondary N) is 1. The molecule has 0 amide bonds. The van der Waals surface area contributed by atoms with Gasteiger partial charge in [0.2, 0.25) is 10.0 Å². The van der Waals surface area contributed by atoms with E-state index in [4.69, 9.17) is 4.98 Å². The van der Waals surface area contributed by atoms with Gasteiger partial charge in [0, 0.05) is 24.8 Å². The van der Waals surface area contributed by atoms with Gasteiger partial charge >= 0.3 is 0 Å². The topological polar surface area (TPSA) is 76.9 Å². The maximum Gasteiger partial charge on any atom is 0.240 e. The summed E-state index contributed by atoms with van der Waals surface area (Å²) in [7, 11) is -3.58. The Hall–Kier alpha value is -3.03. The first-order chi connectivity index (χ1) is 14.5. The quantitative estimate of drug-likeness (QED) is 0.491. The Bertz CT molecular complexity index is 1260. The van der Waals surface area contributed by atoms with Crippen LogP contribution in [-0.2, 0) is 23.0 Å². The first kappa shape index (κ1) is 20.3. The lowest BCUT2D eigenvalue weighted by molar-refractivity contribution is 0.574. The van der Waals surface area contributed by atoms with E-state index < -0.39 is 10.0 Å². The number of hydrogen-bond acceptors (Lipinski definition) is 4. The van der Waals surface area contributed by atoms with Gasteiger partial charge in [-0.1, -0.05) is 48.9 Å². The highest BCUT2D eigenvalue weighted by molar-refractivity contribution is 7.89. The van der Waals surface area contributed by atoms with Gasteiger partial charge in [0.1, 0.15) is 11.3 Å². The molecule has 0 bridgehead atoms. The van der Waals surface area contributed by atoms with E-state index in [2.05, 4.69) is 9.71 Å². The molecule has 2 heterocycles. The number of hydrogen-bond donors (Lipinski definition) is 1. The molecule has 0 saturated carbocycles. The fraction of sp³-hybridized carbons (Fsp3) is 0.217. The van der Waals surface area contributed by atoms with E-state index in [0.29, 0.717) is 6.54 Å². The zero-order chi connectivity index (χ0) is 21.1. The van der Waals surface area contributed by atoms with Gasteiger partial charge in [-0.25, -0.2) is 23.1 Å². The van der Waals surface area contributed by atoms with Crippen molar-refractivity contribution in [3.63, 3.8) is 0 Å². The largest absolute Gasteiger partial charge is 0.307 e. The molecule has 0 spiro atoms. The van der Waals surface area contributed by atoms with Crippen molar-refractivity contribution in [2.75, 3.05) is 6.54 Å². The van der Waals surface area contributed by atoms with Gasteiger partial charge in [0.15, 0.2) is 5.65 Å². The van der Waals surface area contributed by atoms with Crippen LogP contribution in [0.15, 0.2) is 71.8 Å². The Morgan fingerprint density at radius 1 is 1.00 bits per heavy atom. The number of fused-ring (bicyclic) bond motifs is 1. The average Bonchev–Trinajstić information content (AvgIpc) is 3.13. The van der Waals surface area contributed by atoms with Crippen LogP contribution in [0.2, 0.25) is 0 Å². The smallest absolute Gasteiger partial charge is 0.240 e. The van der Waals surface area contributed by atoms with E-state index in [1.807, 2.05) is 66.9 Å². The number of aryl methyl sites for hydroxylation is 2. The molecule has 2 aromatic heterocycles. The zero-order valence-corrected chi connectivity index (χ0v) is 17.9. The SMILES string of the molecule is CCc1ccc(S(=O)(=O)NCCn2c(-c3ccc(C)cc3)nc3cccnc32)cc1. The van der Waals surface area contributed by atoms with Crippen molar-refractivity contribution in [1.29, 1.82) is 0 Å². The lowest BCUT2D eigenvalue weighted by Crippen LogP contribution is -2.27. The first-order valence-electron chi connectivity index (χ1n) is 9.95. The Morgan fingerprint density at radius 3 is 2.43 bits per heavy atom. The van der Waals surface area contributed by atoms with Crippen LogP contribution in [0.25, 0.3) is 22.6 Å². The van der Waals surface area contributed by atoms with Crippen LogP contribution in [0, 0.1) is 6.92 Å². The number of benzene rings is 2. The van der Waals surface area contributed by atoms with Crippen molar-refractivity contribution < 1.29 is 8.42 Å². The van der Waals surface area contributed by atoms with Crippen LogP contribution in [0.5, 0.6) is 0 Å². The molecule has 4 rings (SSSR count). The van der Waals surface area contributed by atoms with Gasteiger partial charge in [0.05, 0.1) is 4.90 Å². The number of imidazole rings is 1. The van der Waals surface area contributed by atoms with E-state index in [1.165, 1.54) is 5.56 Å². The summed E-state index contributed by atoms with van der Waals surface area (Å²) in [5.74, 6) is 0.773. The Morgan fingerprint density at radius 2 is 1.73 bits per heavy atom. The molecular formula is C23H24N4O2S. The molecule has 7 heteroatoms. The predicted octanol–water partition coefficient (Wildman–Crippen LogP) is 3.95. The molecule has 0 aliphatic heterocycles. The lowest BCUT2D eigenvalue weighted by atomic mass is 10.1. The molecule has 6 nitrogen and oxygen atoms in total. The zero-order valence-electron chi connectivity index (χ0n) is 17.0. The minimum atomic E-state index is -3.58. The third-order valence-electron chi connectivity index (χ3n) is 5.08. The number of pyridine rings is 1. The Balaban J connectivity index is 1.59. The highest BCUT2D eigenvalue weighted by Gasteiger charge is 2.16. The fourth-order valence-electron chi connectivity index (χ4n) is 3.37. The van der Waals surface area contributed by atoms with Crippen LogP contribution in [-0.4, -0.2) is 29.5 Å². The molecule has 154 valence electrons. The number of rotatable bonds is 7. The maximum absolute atomic E-state index is 12.7. The molecule has 0 radical (unpaired) electrons. The average molecular weight is 421 g/mol. The lowest BCUT2D eigenvalue weighted by Gasteiger charge is -2.11. The third kappa shape index (κ3) is 4.13. The number of nitrogens with zero attached hydrogens (tertiary/aromatic N) is 3. The van der Waals surface area contributed by atoms with Gasteiger partial charge in [-0.3, -0.25) is 0 Å². The minimum Gasteiger partial charge on any atom is -0.307 e. The van der Waals surface area contributed by atoms with Crippen LogP contribution in [0.4, 0.5) is 0 Å². The summed E-state index contributed by atoms with van der Waals surface area (Å²) in [6.07, 6.45) is 2.59. The summed E-state index contributed by atoms with van der Waals surface area (Å²) in [4.78, 5) is 9.46. The molecule has 0 fully saturated rings. The molecule has 1 N–H and O–H groups in total. The summed E-state index contributed by atoms with van der Waals surface area (Å²) < 4.78 is 30.0. The third-order valence-corrected chi connectivity index (χ3v) is 6.56. The second-order valence-electron chi connectivity index (χ2n) is 7.19. The highest BCUT2D eigenvalue weighted by atomic mass is 32.2. The van der Waals surface area contributed by atoms with Gasteiger partial charge in [0.25, 0.3) is 0 Å². The van der Waals surface area contributed by atoms with Gasteiger partial charge < -0.3 is 4.57 Å². The normalized spacial score (nSPS) is 11.8. The predicted molar refractivity (Wildman–Crippen MR) is 119 cm³/mol. The van der Waals surface area contributed by atoms with Crippen molar-refractivity contribution in [1.82, 2.24) is 19.3 Å². The van der Waals surface area contributed by atoms with Crippen LogP contribution >= 0.6 is 0 Å². The summed E-state index contributed by atoms with van der Waals surface area (Å²) >= 11 is 0. The highest BCUT2D eigenvalue weighted by Crippen LogP contribution is 2.24. The van der Waals surface area contributed by atoms with E-state index in [9.17, 15) is 8.42 Å².